The molecule has 3 nitrogen and oxygen atoms in total. The Kier molecular flexibility index (Phi) is 3.83. The maximum Gasteiger partial charge on any atom is 0.453 e. The number of hydrogen-bond donors (Lipinski definition) is 0. The van der Waals surface area contributed by atoms with Gasteiger partial charge in [-0.1, -0.05) is 0 Å². The van der Waals surface area contributed by atoms with Crippen molar-refractivity contribution in [3.63, 3.8) is 0 Å². The van der Waals surface area contributed by atoms with Crippen LogP contribution in [0.15, 0.2) is 0 Å². The lowest BCUT2D eigenvalue weighted by Crippen LogP contribution is -2.41. The van der Waals surface area contributed by atoms with Gasteiger partial charge in [0.05, 0.1) is 0 Å². The van der Waals surface area contributed by atoms with Crippen molar-refractivity contribution in [2.24, 2.45) is 0 Å². The van der Waals surface area contributed by atoms with Gasteiger partial charge in [0.15, 0.2) is 9.84 Å². The van der Waals surface area contributed by atoms with E-state index in [1.807, 2.05) is 0 Å². The van der Waals surface area contributed by atoms with Crippen molar-refractivity contribution in [2.75, 3.05) is 6.26 Å². The summed E-state index contributed by atoms with van der Waals surface area (Å²) in [5.74, 6) is -5.19. The fraction of sp³-hybridized carbons (Fsp3) is 0.833. The summed E-state index contributed by atoms with van der Waals surface area (Å²) in [4.78, 5) is 10.1. The third-order valence-corrected chi connectivity index (χ3v) is 2.95. The summed E-state index contributed by atoms with van der Waals surface area (Å²) in [6.45, 7) is 0. The minimum Gasteiger partial charge on any atom is -0.302 e. The molecule has 0 heterocycles. The van der Waals surface area contributed by atoms with E-state index in [0.717, 1.165) is 0 Å². The molecule has 90 valence electrons. The van der Waals surface area contributed by atoms with Crippen LogP contribution in [0, 0.1) is 0 Å². The lowest BCUT2D eigenvalue weighted by Gasteiger charge is -2.21. The molecule has 0 aromatic carbocycles. The number of carbonyl (C=O) groups is 1. The number of alkyl halides is 5. The van der Waals surface area contributed by atoms with Crippen LogP contribution >= 0.6 is 0 Å². The molecule has 0 spiro atoms. The Hall–Kier alpha value is -0.730. The molecule has 0 aromatic rings. The normalized spacial score (nSPS) is 16.1. The molecule has 0 radical (unpaired) electrons. The predicted molar refractivity (Wildman–Crippen MR) is 40.3 cm³/mol. The summed E-state index contributed by atoms with van der Waals surface area (Å²) < 4.78 is 80.9. The summed E-state index contributed by atoms with van der Waals surface area (Å²) in [5.41, 5.74) is 0. The van der Waals surface area contributed by atoms with E-state index in [2.05, 4.69) is 0 Å². The SMILES string of the molecule is CS(=O)(=O)C(C=O)CC(F)(F)C(F)(F)F. The van der Waals surface area contributed by atoms with Gasteiger partial charge in [-0.15, -0.1) is 0 Å². The molecule has 0 aromatic heterocycles. The van der Waals surface area contributed by atoms with Gasteiger partial charge in [-0.3, -0.25) is 0 Å². The Balaban J connectivity index is 4.94. The average molecular weight is 254 g/mol. The molecule has 0 fully saturated rings. The second-order valence-electron chi connectivity index (χ2n) is 2.91. The highest BCUT2D eigenvalue weighted by Crippen LogP contribution is 2.39. The van der Waals surface area contributed by atoms with Gasteiger partial charge >= 0.3 is 12.1 Å². The zero-order chi connectivity index (χ0) is 12.5. The minimum absolute atomic E-state index is 0.415. The first-order chi connectivity index (χ1) is 6.42. The molecule has 0 aliphatic heterocycles. The lowest BCUT2D eigenvalue weighted by molar-refractivity contribution is -0.283. The van der Waals surface area contributed by atoms with Gasteiger partial charge < -0.3 is 4.79 Å². The highest BCUT2D eigenvalue weighted by atomic mass is 32.2. The molecule has 1 unspecified atom stereocenters. The topological polar surface area (TPSA) is 51.2 Å². The molecule has 9 heteroatoms. The van der Waals surface area contributed by atoms with Crippen molar-refractivity contribution in [3.8, 4) is 0 Å². The first kappa shape index (κ1) is 14.3. The molecule has 0 bridgehead atoms. The summed E-state index contributed by atoms with van der Waals surface area (Å²) in [7, 11) is -4.26. The Morgan fingerprint density at radius 1 is 1.20 bits per heavy atom. The monoisotopic (exact) mass is 254 g/mol. The zero-order valence-corrected chi connectivity index (χ0v) is 8.20. The van der Waals surface area contributed by atoms with Gasteiger partial charge in [0, 0.05) is 12.7 Å². The lowest BCUT2D eigenvalue weighted by atomic mass is 10.2. The van der Waals surface area contributed by atoms with Gasteiger partial charge in [-0.25, -0.2) is 8.42 Å². The second kappa shape index (κ2) is 4.03. The smallest absolute Gasteiger partial charge is 0.302 e. The summed E-state index contributed by atoms with van der Waals surface area (Å²) >= 11 is 0. The van der Waals surface area contributed by atoms with Crippen molar-refractivity contribution >= 4 is 16.1 Å². The Morgan fingerprint density at radius 3 is 1.80 bits per heavy atom. The third kappa shape index (κ3) is 3.73. The van der Waals surface area contributed by atoms with Gasteiger partial charge in [-0.05, 0) is 0 Å². The molecule has 0 saturated heterocycles. The molecule has 0 saturated carbocycles. The number of aldehydes is 1. The largest absolute Gasteiger partial charge is 0.453 e. The van der Waals surface area contributed by atoms with Crippen molar-refractivity contribution in [1.82, 2.24) is 0 Å². The van der Waals surface area contributed by atoms with Crippen LogP contribution in [0.1, 0.15) is 6.42 Å². The van der Waals surface area contributed by atoms with Crippen molar-refractivity contribution in [2.45, 2.75) is 23.8 Å². The molecule has 0 aliphatic rings. The Labute approximate surface area is 82.2 Å². The van der Waals surface area contributed by atoms with E-state index in [1.54, 1.807) is 0 Å². The van der Waals surface area contributed by atoms with E-state index in [9.17, 15) is 35.2 Å². The molecule has 0 rings (SSSR count). The van der Waals surface area contributed by atoms with Crippen LogP contribution in [0.4, 0.5) is 22.0 Å². The van der Waals surface area contributed by atoms with Gasteiger partial charge in [0.1, 0.15) is 11.5 Å². The zero-order valence-electron chi connectivity index (χ0n) is 7.38. The van der Waals surface area contributed by atoms with Gasteiger partial charge in [0.2, 0.25) is 0 Å². The van der Waals surface area contributed by atoms with E-state index in [0.29, 0.717) is 6.26 Å². The maximum absolute atomic E-state index is 12.3. The van der Waals surface area contributed by atoms with Crippen LogP contribution in [0.25, 0.3) is 0 Å². The molecular formula is C6H7F5O3S. The molecule has 1 atom stereocenters. The summed E-state index contributed by atoms with van der Waals surface area (Å²) in [6, 6.07) is 0. The predicted octanol–water partition coefficient (Wildman–Crippen LogP) is 1.19. The van der Waals surface area contributed by atoms with Crippen LogP contribution in [0.2, 0.25) is 0 Å². The first-order valence-electron chi connectivity index (χ1n) is 3.50. The highest BCUT2D eigenvalue weighted by Gasteiger charge is 2.58. The Morgan fingerprint density at radius 2 is 1.60 bits per heavy atom. The van der Waals surface area contributed by atoms with E-state index >= 15 is 0 Å². The van der Waals surface area contributed by atoms with Crippen LogP contribution in [-0.4, -0.2) is 38.3 Å². The van der Waals surface area contributed by atoms with E-state index in [1.165, 1.54) is 0 Å². The van der Waals surface area contributed by atoms with Crippen LogP contribution < -0.4 is 0 Å². The summed E-state index contributed by atoms with van der Waals surface area (Å²) in [6.07, 6.45) is -7.97. The van der Waals surface area contributed by atoms with E-state index in [-0.39, 0.29) is 0 Å². The van der Waals surface area contributed by atoms with Gasteiger partial charge in [-0.2, -0.15) is 22.0 Å². The van der Waals surface area contributed by atoms with Crippen molar-refractivity contribution < 1.29 is 35.2 Å². The number of hydrogen-bond acceptors (Lipinski definition) is 3. The first-order valence-corrected chi connectivity index (χ1v) is 5.46. The molecule has 15 heavy (non-hydrogen) atoms. The maximum atomic E-state index is 12.3. The molecule has 0 aliphatic carbocycles. The quantitative estimate of drug-likeness (QED) is 0.559. The Bertz CT molecular complexity index is 331. The van der Waals surface area contributed by atoms with E-state index < -0.39 is 39.9 Å². The number of sulfone groups is 1. The number of carbonyl (C=O) groups excluding carboxylic acids is 1. The summed E-state index contributed by atoms with van der Waals surface area (Å²) in [5, 5.41) is -2.35. The molecule has 0 N–H and O–H groups in total. The third-order valence-electron chi connectivity index (χ3n) is 1.57. The number of halogens is 5. The number of rotatable bonds is 4. The molecule has 0 amide bonds. The molecular weight excluding hydrogens is 247 g/mol. The highest BCUT2D eigenvalue weighted by molar-refractivity contribution is 7.92. The standard InChI is InChI=1S/C6H7F5O3S/c1-15(13,14)4(3-12)2-5(7,8)6(9,10)11/h3-4H,2H2,1H3. The van der Waals surface area contributed by atoms with Crippen LogP contribution in [-0.2, 0) is 14.6 Å². The van der Waals surface area contributed by atoms with Crippen molar-refractivity contribution in [3.05, 3.63) is 0 Å². The van der Waals surface area contributed by atoms with Crippen LogP contribution in [0.5, 0.6) is 0 Å². The van der Waals surface area contributed by atoms with Gasteiger partial charge in [0.25, 0.3) is 0 Å². The minimum atomic E-state index is -5.86. The average Bonchev–Trinajstić information content (AvgIpc) is 1.95. The second-order valence-corrected chi connectivity index (χ2v) is 5.17. The fourth-order valence-electron chi connectivity index (χ4n) is 0.669. The van der Waals surface area contributed by atoms with Crippen molar-refractivity contribution in [1.29, 1.82) is 0 Å². The van der Waals surface area contributed by atoms with E-state index in [4.69, 9.17) is 0 Å². The fourth-order valence-corrected chi connectivity index (χ4v) is 1.38. The van der Waals surface area contributed by atoms with Crippen LogP contribution in [0.3, 0.4) is 0 Å².